The van der Waals surface area contributed by atoms with Crippen molar-refractivity contribution in [2.24, 2.45) is 5.92 Å². The van der Waals surface area contributed by atoms with E-state index in [1.54, 1.807) is 7.11 Å². The van der Waals surface area contributed by atoms with E-state index in [0.717, 1.165) is 6.42 Å². The van der Waals surface area contributed by atoms with Crippen LogP contribution in [0.25, 0.3) is 0 Å². The topological polar surface area (TPSA) is 38.7 Å². The fourth-order valence-corrected chi connectivity index (χ4v) is 1.37. The van der Waals surface area contributed by atoms with Crippen molar-refractivity contribution in [2.45, 2.75) is 18.5 Å². The van der Waals surface area contributed by atoms with Crippen LogP contribution in [0, 0.1) is 5.92 Å². The molecule has 0 saturated carbocycles. The van der Waals surface area contributed by atoms with Gasteiger partial charge in [-0.25, -0.2) is 0 Å². The first kappa shape index (κ1) is 9.04. The largest absolute Gasteiger partial charge is 0.396 e. The molecule has 1 aliphatic heterocycles. The summed E-state index contributed by atoms with van der Waals surface area (Å²) < 4.78 is 10.2. The van der Waals surface area contributed by atoms with Crippen LogP contribution in [0.1, 0.15) is 6.42 Å². The van der Waals surface area contributed by atoms with Gasteiger partial charge >= 0.3 is 0 Å². The van der Waals surface area contributed by atoms with E-state index in [1.807, 2.05) is 0 Å². The lowest BCUT2D eigenvalue weighted by atomic mass is 9.91. The standard InChI is InChI=1S/C7H13BO3/c1-10-4-6-5(3-9)2-7(8)11-6/h5-7,9H,2-4H2,1H3. The van der Waals surface area contributed by atoms with Gasteiger partial charge in [-0.1, -0.05) is 0 Å². The highest BCUT2D eigenvalue weighted by Gasteiger charge is 2.31. The number of hydrogen-bond acceptors (Lipinski definition) is 3. The van der Waals surface area contributed by atoms with Gasteiger partial charge < -0.3 is 14.6 Å². The van der Waals surface area contributed by atoms with Crippen molar-refractivity contribution < 1.29 is 14.6 Å². The molecule has 11 heavy (non-hydrogen) atoms. The summed E-state index contributed by atoms with van der Waals surface area (Å²) in [5.41, 5.74) is 0. The number of rotatable bonds is 3. The predicted octanol–water partition coefficient (Wildman–Crippen LogP) is -0.475. The Kier molecular flexibility index (Phi) is 3.36. The van der Waals surface area contributed by atoms with Crippen molar-refractivity contribution in [1.82, 2.24) is 0 Å². The molecule has 0 bridgehead atoms. The molecule has 1 N–H and O–H groups in total. The third kappa shape index (κ3) is 2.19. The maximum absolute atomic E-state index is 8.89. The lowest BCUT2D eigenvalue weighted by Crippen LogP contribution is -2.24. The lowest BCUT2D eigenvalue weighted by Gasteiger charge is -2.14. The summed E-state index contributed by atoms with van der Waals surface area (Å²) in [6, 6.07) is -0.229. The molecule has 1 heterocycles. The number of aliphatic hydroxyl groups excluding tert-OH is 1. The molecule has 3 nitrogen and oxygen atoms in total. The fourth-order valence-electron chi connectivity index (χ4n) is 1.37. The normalized spacial score (nSPS) is 37.8. The van der Waals surface area contributed by atoms with E-state index in [2.05, 4.69) is 0 Å². The van der Waals surface area contributed by atoms with Crippen LogP contribution < -0.4 is 0 Å². The van der Waals surface area contributed by atoms with E-state index in [4.69, 9.17) is 22.4 Å². The Morgan fingerprint density at radius 3 is 3.00 bits per heavy atom. The van der Waals surface area contributed by atoms with Crippen molar-refractivity contribution >= 4 is 7.85 Å². The fraction of sp³-hybridized carbons (Fsp3) is 1.00. The summed E-state index contributed by atoms with van der Waals surface area (Å²) in [6.07, 6.45) is 0.699. The molecule has 3 unspecified atom stereocenters. The molecule has 2 radical (unpaired) electrons. The van der Waals surface area contributed by atoms with Crippen LogP contribution >= 0.6 is 0 Å². The molecular weight excluding hydrogens is 143 g/mol. The molecule has 1 saturated heterocycles. The predicted molar refractivity (Wildman–Crippen MR) is 41.5 cm³/mol. The molecule has 1 fully saturated rings. The molecule has 3 atom stereocenters. The minimum absolute atomic E-state index is 0.0278. The second kappa shape index (κ2) is 4.09. The first-order valence-corrected chi connectivity index (χ1v) is 3.78. The molecule has 0 aliphatic carbocycles. The average Bonchev–Trinajstić information content (AvgIpc) is 2.32. The van der Waals surface area contributed by atoms with Crippen molar-refractivity contribution in [2.75, 3.05) is 20.3 Å². The Labute approximate surface area is 68.1 Å². The minimum atomic E-state index is -0.229. The summed E-state index contributed by atoms with van der Waals surface area (Å²) in [4.78, 5) is 0. The van der Waals surface area contributed by atoms with Crippen LogP contribution in [0.2, 0.25) is 0 Å². The monoisotopic (exact) mass is 156 g/mol. The molecule has 4 heteroatoms. The van der Waals surface area contributed by atoms with Crippen molar-refractivity contribution in [3.63, 3.8) is 0 Å². The highest BCUT2D eigenvalue weighted by atomic mass is 16.5. The Bertz CT molecular complexity index is 120. The lowest BCUT2D eigenvalue weighted by molar-refractivity contribution is 0.000495. The Morgan fingerprint density at radius 2 is 2.45 bits per heavy atom. The summed E-state index contributed by atoms with van der Waals surface area (Å²) in [5.74, 6) is 0.143. The Hall–Kier alpha value is -0.0551. The number of hydrogen-bond donors (Lipinski definition) is 1. The number of aliphatic hydroxyl groups is 1. The third-order valence-corrected chi connectivity index (χ3v) is 1.98. The van der Waals surface area contributed by atoms with Gasteiger partial charge in [0.05, 0.1) is 12.7 Å². The van der Waals surface area contributed by atoms with Gasteiger partial charge in [0.25, 0.3) is 0 Å². The van der Waals surface area contributed by atoms with Crippen LogP contribution in [-0.2, 0) is 9.47 Å². The molecule has 0 spiro atoms. The zero-order chi connectivity index (χ0) is 8.27. The first-order chi connectivity index (χ1) is 5.27. The van der Waals surface area contributed by atoms with Crippen LogP contribution in [0.4, 0.5) is 0 Å². The summed E-state index contributed by atoms with van der Waals surface area (Å²) >= 11 is 0. The van der Waals surface area contributed by atoms with Crippen LogP contribution in [-0.4, -0.2) is 45.4 Å². The van der Waals surface area contributed by atoms with Gasteiger partial charge in [0, 0.05) is 25.6 Å². The molecule has 0 amide bonds. The molecule has 0 aromatic carbocycles. The molecule has 1 aliphatic rings. The highest BCUT2D eigenvalue weighted by molar-refractivity contribution is 6.11. The van der Waals surface area contributed by atoms with Gasteiger partial charge in [0.2, 0.25) is 0 Å². The molecule has 0 aromatic heterocycles. The van der Waals surface area contributed by atoms with Gasteiger partial charge in [-0.05, 0) is 6.42 Å². The van der Waals surface area contributed by atoms with Crippen LogP contribution in [0.3, 0.4) is 0 Å². The van der Waals surface area contributed by atoms with Crippen molar-refractivity contribution in [1.29, 1.82) is 0 Å². The minimum Gasteiger partial charge on any atom is -0.396 e. The summed E-state index contributed by atoms with van der Waals surface area (Å²) in [7, 11) is 7.15. The van der Waals surface area contributed by atoms with E-state index in [1.165, 1.54) is 0 Å². The quantitative estimate of drug-likeness (QED) is 0.561. The highest BCUT2D eigenvalue weighted by Crippen LogP contribution is 2.24. The summed E-state index contributed by atoms with van der Waals surface area (Å²) in [6.45, 7) is 0.640. The average molecular weight is 156 g/mol. The molecule has 1 rings (SSSR count). The number of ether oxygens (including phenoxy) is 2. The van der Waals surface area contributed by atoms with Crippen LogP contribution in [0.15, 0.2) is 0 Å². The first-order valence-electron chi connectivity index (χ1n) is 3.78. The van der Waals surface area contributed by atoms with E-state index < -0.39 is 0 Å². The Balaban J connectivity index is 2.37. The Morgan fingerprint density at radius 1 is 1.73 bits per heavy atom. The van der Waals surface area contributed by atoms with Gasteiger partial charge in [0.15, 0.2) is 0 Å². The molecule has 62 valence electrons. The number of methoxy groups -OCH3 is 1. The van der Waals surface area contributed by atoms with E-state index >= 15 is 0 Å². The van der Waals surface area contributed by atoms with Gasteiger partial charge in [-0.15, -0.1) is 0 Å². The maximum atomic E-state index is 8.89. The second-order valence-corrected chi connectivity index (χ2v) is 2.85. The van der Waals surface area contributed by atoms with E-state index in [0.29, 0.717) is 6.61 Å². The molecule has 0 aromatic rings. The zero-order valence-electron chi connectivity index (χ0n) is 6.69. The van der Waals surface area contributed by atoms with E-state index in [9.17, 15) is 0 Å². The maximum Gasteiger partial charge on any atom is 0.109 e. The van der Waals surface area contributed by atoms with E-state index in [-0.39, 0.29) is 24.6 Å². The summed E-state index contributed by atoms with van der Waals surface area (Å²) in [5, 5.41) is 8.89. The molecular formula is C7H13BO3. The SMILES string of the molecule is [B]C1CC(CO)C(COC)O1. The van der Waals surface area contributed by atoms with Gasteiger partial charge in [-0.2, -0.15) is 0 Å². The van der Waals surface area contributed by atoms with Crippen molar-refractivity contribution in [3.8, 4) is 0 Å². The zero-order valence-corrected chi connectivity index (χ0v) is 6.69. The van der Waals surface area contributed by atoms with Crippen LogP contribution in [0.5, 0.6) is 0 Å². The smallest absolute Gasteiger partial charge is 0.109 e. The second-order valence-electron chi connectivity index (χ2n) is 2.85. The third-order valence-electron chi connectivity index (χ3n) is 1.98. The van der Waals surface area contributed by atoms with Gasteiger partial charge in [-0.3, -0.25) is 0 Å². The van der Waals surface area contributed by atoms with Crippen molar-refractivity contribution in [3.05, 3.63) is 0 Å². The van der Waals surface area contributed by atoms with Gasteiger partial charge in [0.1, 0.15) is 7.85 Å².